The summed E-state index contributed by atoms with van der Waals surface area (Å²) in [4.78, 5) is 0. The monoisotopic (exact) mass is 310 g/mol. The first-order chi connectivity index (χ1) is 8.38. The molecule has 0 radical (unpaired) electrons. The second-order valence-corrected chi connectivity index (χ2v) is 17.5. The van der Waals surface area contributed by atoms with Crippen LogP contribution in [0.4, 0.5) is 0 Å². The Labute approximate surface area is 127 Å². The van der Waals surface area contributed by atoms with Crippen LogP contribution in [0.5, 0.6) is 0 Å². The van der Waals surface area contributed by atoms with Crippen LogP contribution in [-0.2, 0) is 17.4 Å². The molecule has 0 saturated heterocycles. The van der Waals surface area contributed by atoms with Gasteiger partial charge in [-0.3, -0.25) is 0 Å². The zero-order valence-corrected chi connectivity index (χ0v) is 17.1. The average Bonchev–Trinajstić information content (AvgIpc) is 2.28. The third-order valence-electron chi connectivity index (χ3n) is 5.82. The molecule has 3 nitrogen and oxygen atoms in total. The van der Waals surface area contributed by atoms with E-state index < -0.39 is 17.4 Å². The predicted molar refractivity (Wildman–Crippen MR) is 83.0 cm³/mol. The first-order valence-corrected chi connectivity index (χ1v) is 10.9. The molecule has 0 aromatic heterocycles. The molecule has 116 valence electrons. The fraction of sp³-hybridized carbons (Fsp3) is 1.00. The van der Waals surface area contributed by atoms with Gasteiger partial charge < -0.3 is 0 Å². The van der Waals surface area contributed by atoms with Crippen molar-refractivity contribution in [2.24, 2.45) is 0 Å². The normalized spacial score (nSPS) is 15.2. The van der Waals surface area contributed by atoms with Crippen molar-refractivity contribution in [1.82, 2.24) is 0 Å². The summed E-state index contributed by atoms with van der Waals surface area (Å²) in [6.45, 7) is 15.8. The minimum atomic E-state index is -2.41. The van der Waals surface area contributed by atoms with Gasteiger partial charge in [-0.15, -0.1) is 0 Å². The summed E-state index contributed by atoms with van der Waals surface area (Å²) in [5.74, 6) is 0. The second kappa shape index (κ2) is 6.15. The Bertz CT molecular complexity index is 255. The molecular weight excluding hydrogens is 270 g/mol. The Hall–Kier alpha value is 0.594. The Balaban J connectivity index is 6.41. The van der Waals surface area contributed by atoms with E-state index in [2.05, 4.69) is 76.9 Å². The zero-order valence-electron chi connectivity index (χ0n) is 15.5. The molecule has 0 heterocycles. The van der Waals surface area contributed by atoms with E-state index in [1.54, 1.807) is 0 Å². The number of quaternary nitrogens is 3. The van der Waals surface area contributed by atoms with Crippen LogP contribution in [0.15, 0.2) is 0 Å². The van der Waals surface area contributed by atoms with Crippen LogP contribution >= 0.6 is 0 Å². The van der Waals surface area contributed by atoms with Crippen molar-refractivity contribution in [2.75, 3.05) is 61.9 Å². The van der Waals surface area contributed by atoms with E-state index in [1.165, 1.54) is 28.5 Å². The number of hydrogen-bond acceptors (Lipinski definition) is 0. The molecule has 4 heteroatoms. The third-order valence-corrected chi connectivity index (χ3v) is 18.1. The van der Waals surface area contributed by atoms with Gasteiger partial charge in [-0.05, 0) is 0 Å². The van der Waals surface area contributed by atoms with Gasteiger partial charge in [-0.2, -0.15) is 0 Å². The molecular formula is C15H40N3Ti+3. The Morgan fingerprint density at radius 3 is 0.947 bits per heavy atom. The van der Waals surface area contributed by atoms with Crippen LogP contribution in [0, 0.1) is 0 Å². The molecule has 0 aliphatic heterocycles. The Kier molecular flexibility index (Phi) is 6.34. The summed E-state index contributed by atoms with van der Waals surface area (Å²) >= 11 is -2.41. The van der Waals surface area contributed by atoms with Gasteiger partial charge in [-0.1, -0.05) is 0 Å². The summed E-state index contributed by atoms with van der Waals surface area (Å²) in [7, 11) is 14.9. The minimum absolute atomic E-state index is 0.792. The molecule has 0 N–H and O–H groups in total. The topological polar surface area (TPSA) is 0 Å². The van der Waals surface area contributed by atoms with E-state index in [4.69, 9.17) is 0 Å². The van der Waals surface area contributed by atoms with Crippen LogP contribution in [0.2, 0.25) is 4.22 Å². The van der Waals surface area contributed by atoms with Gasteiger partial charge in [0.2, 0.25) is 0 Å². The summed E-state index contributed by atoms with van der Waals surface area (Å²) in [6, 6.07) is 0. The number of hydrogen-bond donors (Lipinski definition) is 0. The molecule has 0 aliphatic carbocycles. The maximum atomic E-state index is 2.49. The van der Waals surface area contributed by atoms with Crippen LogP contribution in [-0.4, -0.2) is 70.8 Å². The molecule has 0 unspecified atom stereocenters. The van der Waals surface area contributed by atoms with Gasteiger partial charge in [0, 0.05) is 0 Å². The summed E-state index contributed by atoms with van der Waals surface area (Å²) < 4.78 is 4.50. The van der Waals surface area contributed by atoms with Crippen molar-refractivity contribution in [1.29, 1.82) is 0 Å². The fourth-order valence-corrected chi connectivity index (χ4v) is 20.6. The molecule has 0 aromatic rings. The van der Waals surface area contributed by atoms with Crippen molar-refractivity contribution in [2.45, 2.75) is 38.8 Å². The Morgan fingerprint density at radius 2 is 0.842 bits per heavy atom. The molecule has 0 amide bonds. The van der Waals surface area contributed by atoms with Gasteiger partial charge in [-0.25, -0.2) is 0 Å². The summed E-state index contributed by atoms with van der Waals surface area (Å²) in [5.41, 5.74) is 0. The average molecular weight is 310 g/mol. The van der Waals surface area contributed by atoms with Crippen molar-refractivity contribution < 1.29 is 26.3 Å². The van der Waals surface area contributed by atoms with E-state index in [-0.39, 0.29) is 0 Å². The maximum absolute atomic E-state index is 2.49. The molecule has 0 bridgehead atoms. The fourth-order valence-electron chi connectivity index (χ4n) is 4.99. The van der Waals surface area contributed by atoms with E-state index in [9.17, 15) is 0 Å². The van der Waals surface area contributed by atoms with Crippen LogP contribution < -0.4 is 0 Å². The molecule has 0 atom stereocenters. The summed E-state index contributed by atoms with van der Waals surface area (Å²) in [5, 5.41) is 0. The van der Waals surface area contributed by atoms with Crippen molar-refractivity contribution in [3.63, 3.8) is 0 Å². The van der Waals surface area contributed by atoms with Gasteiger partial charge in [0.05, 0.1) is 0 Å². The van der Waals surface area contributed by atoms with Gasteiger partial charge in [0.15, 0.2) is 0 Å². The first kappa shape index (κ1) is 19.6. The molecule has 0 rings (SSSR count). The van der Waals surface area contributed by atoms with Crippen molar-refractivity contribution in [3.05, 3.63) is 0 Å². The predicted octanol–water partition coefficient (Wildman–Crippen LogP) is 3.00. The van der Waals surface area contributed by atoms with Gasteiger partial charge >= 0.3 is 127 Å². The first-order valence-electron chi connectivity index (χ1n) is 7.87. The van der Waals surface area contributed by atoms with Crippen molar-refractivity contribution in [3.8, 4) is 0 Å². The third kappa shape index (κ3) is 2.82. The standard InChI is InChI=1S/3C4H11N.C3H7.Ti/c3*1-4-5(2)3;1-3-2;/h3*4H2,1-3H3;3H,1-2H3;/q;;;;+3. The molecule has 0 spiro atoms. The molecule has 0 fully saturated rings. The van der Waals surface area contributed by atoms with E-state index in [0.717, 1.165) is 4.22 Å². The number of nitrogens with zero attached hydrogens (tertiary/aromatic N) is 3. The van der Waals surface area contributed by atoms with E-state index in [1.807, 2.05) is 0 Å². The van der Waals surface area contributed by atoms with Gasteiger partial charge in [0.1, 0.15) is 0 Å². The van der Waals surface area contributed by atoms with E-state index >= 15 is 0 Å². The second-order valence-electron chi connectivity index (χ2n) is 7.85. The Morgan fingerprint density at radius 1 is 0.632 bits per heavy atom. The van der Waals surface area contributed by atoms with Crippen LogP contribution in [0.25, 0.3) is 0 Å². The molecule has 0 saturated carbocycles. The molecule has 0 aromatic carbocycles. The molecule has 0 aliphatic rings. The summed E-state index contributed by atoms with van der Waals surface area (Å²) in [6.07, 6.45) is 0. The van der Waals surface area contributed by atoms with Crippen LogP contribution in [0.3, 0.4) is 0 Å². The van der Waals surface area contributed by atoms with Gasteiger partial charge in [0.25, 0.3) is 0 Å². The van der Waals surface area contributed by atoms with Crippen molar-refractivity contribution >= 4 is 0 Å². The zero-order chi connectivity index (χ0) is 15.7. The quantitative estimate of drug-likeness (QED) is 0.634. The van der Waals surface area contributed by atoms with Crippen LogP contribution in [0.1, 0.15) is 34.6 Å². The number of rotatable bonds is 7. The SMILES string of the molecule is CC[N+](C)(C)[Ti]([CH](C)C)([N+](C)(C)CC)[N+](C)(C)CC. The molecule has 19 heavy (non-hydrogen) atoms. The van der Waals surface area contributed by atoms with E-state index in [0.29, 0.717) is 0 Å².